The van der Waals surface area contributed by atoms with Gasteiger partial charge in [-0.1, -0.05) is 48.3 Å². The van der Waals surface area contributed by atoms with E-state index in [1.807, 2.05) is 30.3 Å². The maximum Gasteiger partial charge on any atom is 0.262 e. The van der Waals surface area contributed by atoms with Gasteiger partial charge in [0.05, 0.1) is 0 Å². The summed E-state index contributed by atoms with van der Waals surface area (Å²) in [5.74, 6) is -0.574. The second kappa shape index (κ2) is 7.94. The topological polar surface area (TPSA) is 95.7 Å². The van der Waals surface area contributed by atoms with Crippen molar-refractivity contribution in [3.05, 3.63) is 42.2 Å². The normalized spacial score (nSPS) is 14.4. The van der Waals surface area contributed by atoms with Gasteiger partial charge in [-0.2, -0.15) is 0 Å². The Balaban J connectivity index is 1.84. The molecule has 1 aromatic carbocycles. The molecule has 0 bridgehead atoms. The Bertz CT molecular complexity index is 723. The molecule has 1 aromatic heterocycles. The number of nitrogens with one attached hydrogen (secondary N) is 1. The summed E-state index contributed by atoms with van der Waals surface area (Å²) in [6, 6.07) is 9.28. The molecule has 2 N–H and O–H groups in total. The van der Waals surface area contributed by atoms with Crippen molar-refractivity contribution in [1.82, 2.24) is 15.5 Å². The molecule has 1 heterocycles. The number of hydrogen-bond acceptors (Lipinski definition) is 5. The van der Waals surface area contributed by atoms with Crippen LogP contribution in [0.4, 0.5) is 0 Å². The van der Waals surface area contributed by atoms with Crippen LogP contribution in [0, 0.1) is 5.92 Å². The lowest BCUT2D eigenvalue weighted by Gasteiger charge is -2.24. The molecule has 132 valence electrons. The summed E-state index contributed by atoms with van der Waals surface area (Å²) >= 11 is 0. The fourth-order valence-electron chi connectivity index (χ4n) is 3.30. The summed E-state index contributed by atoms with van der Waals surface area (Å²) in [4.78, 5) is 26.1. The minimum atomic E-state index is -0.621. The second-order valence-corrected chi connectivity index (χ2v) is 6.31. The lowest BCUT2D eigenvalue weighted by Crippen LogP contribution is -2.42. The molecule has 0 atom stereocenters. The Morgan fingerprint density at radius 1 is 1.24 bits per heavy atom. The fourth-order valence-corrected chi connectivity index (χ4v) is 3.30. The number of carbonyl (C=O) groups excluding carboxylic acids is 2. The molecule has 3 rings (SSSR count). The maximum absolute atomic E-state index is 13.0. The Labute approximate surface area is 145 Å². The van der Waals surface area contributed by atoms with Crippen LogP contribution in [0.5, 0.6) is 0 Å². The minimum absolute atomic E-state index is 0.203. The van der Waals surface area contributed by atoms with Crippen LogP contribution in [-0.4, -0.2) is 40.2 Å². The third-order valence-corrected chi connectivity index (χ3v) is 4.55. The van der Waals surface area contributed by atoms with E-state index in [1.165, 1.54) is 11.2 Å². The van der Waals surface area contributed by atoms with Crippen molar-refractivity contribution in [3.8, 4) is 11.3 Å². The summed E-state index contributed by atoms with van der Waals surface area (Å²) in [5.41, 5.74) is 3.13. The van der Waals surface area contributed by atoms with Gasteiger partial charge in [0.1, 0.15) is 24.1 Å². The molecule has 7 nitrogen and oxygen atoms in total. The van der Waals surface area contributed by atoms with E-state index in [0.29, 0.717) is 23.7 Å². The van der Waals surface area contributed by atoms with Gasteiger partial charge in [-0.15, -0.1) is 0 Å². The minimum Gasteiger partial charge on any atom is -0.363 e. The van der Waals surface area contributed by atoms with E-state index in [2.05, 4.69) is 5.16 Å². The number of carbonyl (C=O) groups is 2. The van der Waals surface area contributed by atoms with Crippen molar-refractivity contribution >= 4 is 11.8 Å². The molecule has 0 unspecified atom stereocenters. The van der Waals surface area contributed by atoms with Crippen LogP contribution in [0.1, 0.15) is 36.0 Å². The van der Waals surface area contributed by atoms with E-state index in [9.17, 15) is 9.59 Å². The lowest BCUT2D eigenvalue weighted by atomic mass is 10.0. The first kappa shape index (κ1) is 17.2. The number of hydrogen-bond donors (Lipinski definition) is 2. The Morgan fingerprint density at radius 3 is 2.64 bits per heavy atom. The van der Waals surface area contributed by atoms with E-state index in [-0.39, 0.29) is 12.5 Å². The zero-order valence-corrected chi connectivity index (χ0v) is 13.9. The monoisotopic (exact) mass is 343 g/mol. The molecule has 1 aliphatic rings. The van der Waals surface area contributed by atoms with Gasteiger partial charge in [0.15, 0.2) is 0 Å². The van der Waals surface area contributed by atoms with Gasteiger partial charge < -0.3 is 9.42 Å². The van der Waals surface area contributed by atoms with E-state index in [0.717, 1.165) is 31.2 Å². The number of nitrogens with zero attached hydrogens (tertiary/aromatic N) is 2. The molecule has 1 fully saturated rings. The van der Waals surface area contributed by atoms with Crippen LogP contribution in [0.25, 0.3) is 11.3 Å². The van der Waals surface area contributed by atoms with Crippen molar-refractivity contribution in [3.63, 3.8) is 0 Å². The molecule has 2 aromatic rings. The number of benzene rings is 1. The Hall–Kier alpha value is -2.67. The predicted molar refractivity (Wildman–Crippen MR) is 89.7 cm³/mol. The highest BCUT2D eigenvalue weighted by Crippen LogP contribution is 2.27. The van der Waals surface area contributed by atoms with E-state index in [1.54, 1.807) is 5.48 Å². The molecule has 0 aliphatic heterocycles. The Morgan fingerprint density at radius 2 is 1.96 bits per heavy atom. The third-order valence-electron chi connectivity index (χ3n) is 4.55. The molecule has 25 heavy (non-hydrogen) atoms. The molecular weight excluding hydrogens is 322 g/mol. The molecular formula is C18H21N3O4. The average molecular weight is 343 g/mol. The smallest absolute Gasteiger partial charge is 0.262 e. The van der Waals surface area contributed by atoms with Crippen LogP contribution < -0.4 is 5.48 Å². The molecule has 1 saturated carbocycles. The van der Waals surface area contributed by atoms with Crippen molar-refractivity contribution in [1.29, 1.82) is 0 Å². The molecule has 7 heteroatoms. The number of aromatic nitrogens is 1. The van der Waals surface area contributed by atoms with Crippen LogP contribution in [-0.2, 0) is 4.79 Å². The van der Waals surface area contributed by atoms with Crippen molar-refractivity contribution in [2.24, 2.45) is 5.92 Å². The molecule has 0 radical (unpaired) electrons. The predicted octanol–water partition coefficient (Wildman–Crippen LogP) is 2.48. The van der Waals surface area contributed by atoms with Gasteiger partial charge in [0, 0.05) is 12.1 Å². The molecule has 1 aliphatic carbocycles. The molecule has 2 amide bonds. The third kappa shape index (κ3) is 4.06. The van der Waals surface area contributed by atoms with E-state index >= 15 is 0 Å². The summed E-state index contributed by atoms with van der Waals surface area (Å²) < 4.78 is 5.03. The summed E-state index contributed by atoms with van der Waals surface area (Å²) in [5, 5.41) is 12.8. The summed E-state index contributed by atoms with van der Waals surface area (Å²) in [6.45, 7) is 0.275. The summed E-state index contributed by atoms with van der Waals surface area (Å²) in [6.07, 6.45) is 5.67. The first-order chi connectivity index (χ1) is 12.2. The maximum atomic E-state index is 13.0. The van der Waals surface area contributed by atoms with Crippen molar-refractivity contribution < 1.29 is 19.3 Å². The zero-order chi connectivity index (χ0) is 17.6. The van der Waals surface area contributed by atoms with Gasteiger partial charge in [-0.25, -0.2) is 5.48 Å². The van der Waals surface area contributed by atoms with Crippen LogP contribution in [0.3, 0.4) is 0 Å². The van der Waals surface area contributed by atoms with Crippen LogP contribution >= 0.6 is 0 Å². The standard InChI is InChI=1S/C18H21N3O4/c22-16(19-24)11-21(10-13-6-4-5-7-13)18(23)15-12-25-20-17(15)14-8-2-1-3-9-14/h1-3,8-9,12-13,24H,4-7,10-11H2,(H,19,22). The SMILES string of the molecule is O=C(CN(CC1CCCC1)C(=O)c1conc1-c1ccccc1)NO. The lowest BCUT2D eigenvalue weighted by molar-refractivity contribution is -0.130. The highest BCUT2D eigenvalue weighted by Gasteiger charge is 2.27. The highest BCUT2D eigenvalue weighted by molar-refractivity contribution is 6.01. The highest BCUT2D eigenvalue weighted by atomic mass is 16.5. The molecule has 0 saturated heterocycles. The second-order valence-electron chi connectivity index (χ2n) is 6.31. The van der Waals surface area contributed by atoms with Gasteiger partial charge in [-0.05, 0) is 18.8 Å². The quantitative estimate of drug-likeness (QED) is 0.620. The van der Waals surface area contributed by atoms with Crippen molar-refractivity contribution in [2.45, 2.75) is 25.7 Å². The van der Waals surface area contributed by atoms with Gasteiger partial charge >= 0.3 is 0 Å². The van der Waals surface area contributed by atoms with E-state index < -0.39 is 5.91 Å². The summed E-state index contributed by atoms with van der Waals surface area (Å²) in [7, 11) is 0. The zero-order valence-electron chi connectivity index (χ0n) is 13.9. The molecule has 0 spiro atoms. The fraction of sp³-hybridized carbons (Fsp3) is 0.389. The van der Waals surface area contributed by atoms with Gasteiger partial charge in [-0.3, -0.25) is 14.8 Å². The first-order valence-electron chi connectivity index (χ1n) is 8.41. The number of rotatable bonds is 6. The van der Waals surface area contributed by atoms with Crippen LogP contribution in [0.2, 0.25) is 0 Å². The van der Waals surface area contributed by atoms with Crippen LogP contribution in [0.15, 0.2) is 41.1 Å². The largest absolute Gasteiger partial charge is 0.363 e. The van der Waals surface area contributed by atoms with E-state index in [4.69, 9.17) is 9.73 Å². The Kier molecular flexibility index (Phi) is 5.45. The average Bonchev–Trinajstić information content (AvgIpc) is 3.33. The first-order valence-corrected chi connectivity index (χ1v) is 8.41. The number of hydroxylamine groups is 1. The van der Waals surface area contributed by atoms with Gasteiger partial charge in [0.2, 0.25) is 0 Å². The van der Waals surface area contributed by atoms with Crippen molar-refractivity contribution in [2.75, 3.05) is 13.1 Å². The number of amides is 2. The van der Waals surface area contributed by atoms with Gasteiger partial charge in [0.25, 0.3) is 11.8 Å².